The summed E-state index contributed by atoms with van der Waals surface area (Å²) in [5.74, 6) is -1.16. The number of benzene rings is 1. The highest BCUT2D eigenvalue weighted by Gasteiger charge is 2.23. The predicted molar refractivity (Wildman–Crippen MR) is 78.0 cm³/mol. The number of amides is 1. The minimum absolute atomic E-state index is 0.272. The maximum absolute atomic E-state index is 11.8. The Labute approximate surface area is 118 Å². The standard InChI is InChI=1S/C12H17ClN2O3S/c1-3-8(2)19(17,18)7-12(16)15-11-5-4-9(14)6-10(11)13/h4-6,8H,3,7,14H2,1-2H3,(H,15,16). The number of nitrogens with one attached hydrogen (secondary N) is 1. The Morgan fingerprint density at radius 1 is 1.47 bits per heavy atom. The lowest BCUT2D eigenvalue weighted by atomic mass is 10.3. The first-order chi connectivity index (χ1) is 8.76. The number of rotatable bonds is 5. The fourth-order valence-corrected chi connectivity index (χ4v) is 2.86. The van der Waals surface area contributed by atoms with Crippen LogP contribution >= 0.6 is 11.6 Å². The van der Waals surface area contributed by atoms with Gasteiger partial charge in [-0.05, 0) is 31.5 Å². The summed E-state index contributed by atoms with van der Waals surface area (Å²) >= 11 is 5.89. The van der Waals surface area contributed by atoms with E-state index < -0.39 is 26.7 Å². The number of hydrogen-bond acceptors (Lipinski definition) is 4. The molecular weight excluding hydrogens is 288 g/mol. The number of nitrogen functional groups attached to an aromatic ring is 1. The third-order valence-electron chi connectivity index (χ3n) is 2.79. The molecule has 1 atom stereocenters. The molecule has 1 aromatic rings. The molecule has 0 aliphatic carbocycles. The van der Waals surface area contributed by atoms with Crippen LogP contribution in [-0.4, -0.2) is 25.3 Å². The van der Waals surface area contributed by atoms with E-state index in [1.165, 1.54) is 12.1 Å². The summed E-state index contributed by atoms with van der Waals surface area (Å²) < 4.78 is 23.6. The third kappa shape index (κ3) is 4.40. The molecule has 0 aromatic heterocycles. The average molecular weight is 305 g/mol. The van der Waals surface area contributed by atoms with E-state index in [0.717, 1.165) is 0 Å². The molecule has 3 N–H and O–H groups in total. The molecule has 1 aromatic carbocycles. The van der Waals surface area contributed by atoms with E-state index in [0.29, 0.717) is 17.8 Å². The number of anilines is 2. The summed E-state index contributed by atoms with van der Waals surface area (Å²) in [5, 5.41) is 2.20. The summed E-state index contributed by atoms with van der Waals surface area (Å²) in [6, 6.07) is 4.59. The number of nitrogens with two attached hydrogens (primary N) is 1. The molecule has 0 bridgehead atoms. The van der Waals surface area contributed by atoms with E-state index in [1.54, 1.807) is 19.9 Å². The zero-order valence-corrected chi connectivity index (χ0v) is 12.4. The number of carbonyl (C=O) groups excluding carboxylic acids is 1. The molecule has 0 radical (unpaired) electrons. The van der Waals surface area contributed by atoms with Gasteiger partial charge >= 0.3 is 0 Å². The summed E-state index contributed by atoms with van der Waals surface area (Å²) in [4.78, 5) is 11.7. The van der Waals surface area contributed by atoms with Gasteiger partial charge in [0, 0.05) is 5.69 Å². The van der Waals surface area contributed by atoms with Crippen molar-refractivity contribution in [2.24, 2.45) is 0 Å². The minimum atomic E-state index is -3.43. The van der Waals surface area contributed by atoms with Gasteiger partial charge in [-0.1, -0.05) is 18.5 Å². The van der Waals surface area contributed by atoms with Crippen molar-refractivity contribution in [2.75, 3.05) is 16.8 Å². The minimum Gasteiger partial charge on any atom is -0.399 e. The van der Waals surface area contributed by atoms with Crippen LogP contribution in [0.1, 0.15) is 20.3 Å². The fourth-order valence-electron chi connectivity index (χ4n) is 1.40. The molecule has 0 saturated carbocycles. The largest absolute Gasteiger partial charge is 0.399 e. The lowest BCUT2D eigenvalue weighted by Gasteiger charge is -2.11. The highest BCUT2D eigenvalue weighted by Crippen LogP contribution is 2.24. The Hall–Kier alpha value is -1.27. The molecule has 5 nitrogen and oxygen atoms in total. The SMILES string of the molecule is CCC(C)S(=O)(=O)CC(=O)Nc1ccc(N)cc1Cl. The van der Waals surface area contributed by atoms with Gasteiger partial charge in [0.1, 0.15) is 5.75 Å². The summed E-state index contributed by atoms with van der Waals surface area (Å²) in [5.41, 5.74) is 6.34. The lowest BCUT2D eigenvalue weighted by molar-refractivity contribution is -0.113. The molecule has 0 saturated heterocycles. The molecule has 0 aliphatic heterocycles. The molecule has 7 heteroatoms. The predicted octanol–water partition coefficient (Wildman–Crippen LogP) is 2.07. The molecular formula is C12H17ClN2O3S. The first-order valence-electron chi connectivity index (χ1n) is 5.82. The van der Waals surface area contributed by atoms with Gasteiger partial charge in [-0.25, -0.2) is 8.42 Å². The molecule has 1 rings (SSSR count). The lowest BCUT2D eigenvalue weighted by Crippen LogP contribution is -2.29. The van der Waals surface area contributed by atoms with Crippen LogP contribution in [0.5, 0.6) is 0 Å². The Balaban J connectivity index is 2.76. The second-order valence-electron chi connectivity index (χ2n) is 4.31. The zero-order valence-electron chi connectivity index (χ0n) is 10.8. The van der Waals surface area contributed by atoms with Crippen molar-refractivity contribution in [1.29, 1.82) is 0 Å². The quantitative estimate of drug-likeness (QED) is 0.815. The Bertz CT molecular complexity index is 572. The number of carbonyl (C=O) groups is 1. The first kappa shape index (κ1) is 15.8. The van der Waals surface area contributed by atoms with Crippen molar-refractivity contribution < 1.29 is 13.2 Å². The summed E-state index contributed by atoms with van der Waals surface area (Å²) in [7, 11) is -3.43. The van der Waals surface area contributed by atoms with Crippen LogP contribution in [0.2, 0.25) is 5.02 Å². The average Bonchev–Trinajstić information content (AvgIpc) is 2.31. The topological polar surface area (TPSA) is 89.3 Å². The molecule has 19 heavy (non-hydrogen) atoms. The van der Waals surface area contributed by atoms with Crippen LogP contribution in [-0.2, 0) is 14.6 Å². The van der Waals surface area contributed by atoms with Gasteiger partial charge in [0.05, 0.1) is 16.0 Å². The highest BCUT2D eigenvalue weighted by atomic mass is 35.5. The van der Waals surface area contributed by atoms with E-state index in [9.17, 15) is 13.2 Å². The van der Waals surface area contributed by atoms with Crippen molar-refractivity contribution >= 4 is 38.7 Å². The van der Waals surface area contributed by atoms with Gasteiger partial charge in [-0.3, -0.25) is 4.79 Å². The molecule has 1 amide bonds. The van der Waals surface area contributed by atoms with Gasteiger partial charge in [0.25, 0.3) is 0 Å². The number of sulfone groups is 1. The Kier molecular flexibility index (Phi) is 5.20. The second kappa shape index (κ2) is 6.25. The maximum atomic E-state index is 11.8. The number of halogens is 1. The van der Waals surface area contributed by atoms with Gasteiger partial charge in [0.15, 0.2) is 9.84 Å². The van der Waals surface area contributed by atoms with Crippen LogP contribution in [0, 0.1) is 0 Å². The first-order valence-corrected chi connectivity index (χ1v) is 7.92. The zero-order chi connectivity index (χ0) is 14.6. The van der Waals surface area contributed by atoms with Gasteiger partial charge in [-0.15, -0.1) is 0 Å². The van der Waals surface area contributed by atoms with Crippen LogP contribution in [0.15, 0.2) is 18.2 Å². The van der Waals surface area contributed by atoms with Crippen LogP contribution in [0.3, 0.4) is 0 Å². The third-order valence-corrected chi connectivity index (χ3v) is 5.32. The normalized spacial score (nSPS) is 13.0. The maximum Gasteiger partial charge on any atom is 0.239 e. The van der Waals surface area contributed by atoms with E-state index in [1.807, 2.05) is 0 Å². The van der Waals surface area contributed by atoms with Crippen molar-refractivity contribution in [3.63, 3.8) is 0 Å². The molecule has 0 fully saturated rings. The van der Waals surface area contributed by atoms with Crippen molar-refractivity contribution in [3.8, 4) is 0 Å². The van der Waals surface area contributed by atoms with Crippen molar-refractivity contribution in [3.05, 3.63) is 23.2 Å². The molecule has 1 unspecified atom stereocenters. The van der Waals surface area contributed by atoms with Crippen molar-refractivity contribution in [1.82, 2.24) is 0 Å². The fraction of sp³-hybridized carbons (Fsp3) is 0.417. The van der Waals surface area contributed by atoms with Gasteiger partial charge < -0.3 is 11.1 Å². The Morgan fingerprint density at radius 2 is 2.11 bits per heavy atom. The summed E-state index contributed by atoms with van der Waals surface area (Å²) in [6.45, 7) is 3.34. The van der Waals surface area contributed by atoms with Crippen LogP contribution in [0.25, 0.3) is 0 Å². The van der Waals surface area contributed by atoms with Crippen LogP contribution in [0.4, 0.5) is 11.4 Å². The van der Waals surface area contributed by atoms with E-state index >= 15 is 0 Å². The van der Waals surface area contributed by atoms with E-state index in [-0.39, 0.29) is 5.02 Å². The smallest absolute Gasteiger partial charge is 0.239 e. The highest BCUT2D eigenvalue weighted by molar-refractivity contribution is 7.92. The van der Waals surface area contributed by atoms with Crippen molar-refractivity contribution in [2.45, 2.75) is 25.5 Å². The van der Waals surface area contributed by atoms with Gasteiger partial charge in [0.2, 0.25) is 5.91 Å². The summed E-state index contributed by atoms with van der Waals surface area (Å²) in [6.07, 6.45) is 0.470. The molecule has 0 heterocycles. The van der Waals surface area contributed by atoms with Crippen LogP contribution < -0.4 is 11.1 Å². The van der Waals surface area contributed by atoms with E-state index in [4.69, 9.17) is 17.3 Å². The number of hydrogen-bond donors (Lipinski definition) is 2. The van der Waals surface area contributed by atoms with Gasteiger partial charge in [-0.2, -0.15) is 0 Å². The monoisotopic (exact) mass is 304 g/mol. The molecule has 0 spiro atoms. The molecule has 0 aliphatic rings. The molecule has 106 valence electrons. The van der Waals surface area contributed by atoms with E-state index in [2.05, 4.69) is 5.32 Å². The second-order valence-corrected chi connectivity index (χ2v) is 7.14. The Morgan fingerprint density at radius 3 is 2.63 bits per heavy atom.